The molecule has 1 saturated heterocycles. The Morgan fingerprint density at radius 3 is 2.71 bits per heavy atom. The minimum Gasteiger partial charge on any atom is -0.496 e. The number of rotatable bonds is 9. The summed E-state index contributed by atoms with van der Waals surface area (Å²) < 4.78 is 24.7. The Kier molecular flexibility index (Phi) is 6.98. The summed E-state index contributed by atoms with van der Waals surface area (Å²) in [5.74, 6) is 0.759. The van der Waals surface area contributed by atoms with E-state index < -0.39 is 7.14 Å². The summed E-state index contributed by atoms with van der Waals surface area (Å²) in [5.41, 5.74) is 5.31. The summed E-state index contributed by atoms with van der Waals surface area (Å²) in [4.78, 5) is 7.38. The van der Waals surface area contributed by atoms with Gasteiger partial charge in [-0.15, -0.1) is 0 Å². The third kappa shape index (κ3) is 5.02. The molecule has 1 N–H and O–H groups in total. The molecule has 0 unspecified atom stereocenters. The molecule has 7 nitrogen and oxygen atoms in total. The highest BCUT2D eigenvalue weighted by molar-refractivity contribution is 7.71. The number of pyridine rings is 1. The van der Waals surface area contributed by atoms with Gasteiger partial charge in [-0.1, -0.05) is 18.2 Å². The minimum atomic E-state index is -2.40. The fourth-order valence-electron chi connectivity index (χ4n) is 5.22. The Labute approximate surface area is 207 Å². The molecule has 0 radical (unpaired) electrons. The molecule has 0 amide bonds. The van der Waals surface area contributed by atoms with Crippen LogP contribution in [0.4, 0.5) is 5.69 Å². The molecule has 1 aromatic carbocycles. The first-order chi connectivity index (χ1) is 17.0. The zero-order valence-electron chi connectivity index (χ0n) is 20.5. The predicted molar refractivity (Wildman–Crippen MR) is 139 cm³/mol. The van der Waals surface area contributed by atoms with E-state index in [0.717, 1.165) is 70.7 Å². The lowest BCUT2D eigenvalue weighted by Crippen LogP contribution is -2.38. The maximum atomic E-state index is 13.8. The summed E-state index contributed by atoms with van der Waals surface area (Å²) in [6, 6.07) is 11.1. The normalized spacial score (nSPS) is 19.1. The number of allylic oxidation sites excluding steroid dienone is 2. The third-order valence-electron chi connectivity index (χ3n) is 7.33. The first-order valence-electron chi connectivity index (χ1n) is 12.4. The SMILES string of the molecule is COCCNc1cc(Cc2ccc(P3(=O)CCN(C4CC4)CC3)cc2OC)nc2c1C(C#N)=CC2. The van der Waals surface area contributed by atoms with Gasteiger partial charge in [0.1, 0.15) is 12.9 Å². The Balaban J connectivity index is 1.38. The number of anilines is 1. The van der Waals surface area contributed by atoms with Crippen molar-refractivity contribution in [2.75, 3.05) is 58.1 Å². The Morgan fingerprint density at radius 2 is 2.03 bits per heavy atom. The van der Waals surface area contributed by atoms with Gasteiger partial charge >= 0.3 is 0 Å². The van der Waals surface area contributed by atoms with Crippen molar-refractivity contribution in [3.05, 3.63) is 52.9 Å². The maximum Gasteiger partial charge on any atom is 0.123 e. The van der Waals surface area contributed by atoms with E-state index in [0.29, 0.717) is 31.6 Å². The van der Waals surface area contributed by atoms with E-state index in [1.807, 2.05) is 30.3 Å². The van der Waals surface area contributed by atoms with Crippen molar-refractivity contribution in [1.29, 1.82) is 5.26 Å². The molecular formula is C27H33N4O3P. The molecular weight excluding hydrogens is 459 g/mol. The maximum absolute atomic E-state index is 13.8. The number of aromatic nitrogens is 1. The molecule has 2 aliphatic carbocycles. The number of ether oxygens (including phenoxy) is 2. The Hall–Kier alpha value is -2.65. The van der Waals surface area contributed by atoms with Crippen molar-refractivity contribution in [2.45, 2.75) is 31.7 Å². The van der Waals surface area contributed by atoms with Crippen LogP contribution < -0.4 is 15.4 Å². The zero-order valence-corrected chi connectivity index (χ0v) is 21.4. The standard InChI is InChI=1S/C27H33N4O3P/c1-33-12-9-29-25-16-21(30-24-8-4-20(18-28)27(24)25)15-19-3-7-23(17-26(19)34-2)35(32)13-10-31(11-14-35)22-5-6-22/h3-4,7,16-17,22H,5-6,8-15H2,1-2H3,(H,29,30). The average Bonchev–Trinajstić information content (AvgIpc) is 3.64. The molecule has 2 heterocycles. The third-order valence-corrected chi connectivity index (χ3v) is 10.4. The van der Waals surface area contributed by atoms with E-state index in [2.05, 4.69) is 16.3 Å². The highest BCUT2D eigenvalue weighted by atomic mass is 31.2. The molecule has 8 heteroatoms. The summed E-state index contributed by atoms with van der Waals surface area (Å²) in [5, 5.41) is 13.9. The molecule has 3 aliphatic rings. The van der Waals surface area contributed by atoms with E-state index in [4.69, 9.17) is 14.5 Å². The number of hydrogen-bond acceptors (Lipinski definition) is 7. The van der Waals surface area contributed by atoms with Gasteiger partial charge in [-0.25, -0.2) is 0 Å². The van der Waals surface area contributed by atoms with Crippen LogP contribution in [0.1, 0.15) is 35.4 Å². The lowest BCUT2D eigenvalue weighted by molar-refractivity contribution is 0.211. The summed E-state index contributed by atoms with van der Waals surface area (Å²) >= 11 is 0. The second-order valence-corrected chi connectivity index (χ2v) is 12.8. The minimum absolute atomic E-state index is 0.575. The van der Waals surface area contributed by atoms with Gasteiger partial charge < -0.3 is 19.4 Å². The van der Waals surface area contributed by atoms with E-state index in [9.17, 15) is 9.83 Å². The number of hydrogen-bond donors (Lipinski definition) is 1. The van der Waals surface area contributed by atoms with Crippen molar-refractivity contribution in [1.82, 2.24) is 9.88 Å². The number of fused-ring (bicyclic) bond motifs is 1. The van der Waals surface area contributed by atoms with Crippen LogP contribution in [0.5, 0.6) is 5.75 Å². The topological polar surface area (TPSA) is 87.5 Å². The Bertz CT molecular complexity index is 1220. The number of nitrogens with zero attached hydrogens (tertiary/aromatic N) is 3. The molecule has 35 heavy (non-hydrogen) atoms. The van der Waals surface area contributed by atoms with Crippen LogP contribution in [0.25, 0.3) is 5.57 Å². The van der Waals surface area contributed by atoms with Gasteiger partial charge in [-0.05, 0) is 25.0 Å². The number of benzene rings is 1. The summed E-state index contributed by atoms with van der Waals surface area (Å²) in [6.45, 7) is 3.09. The van der Waals surface area contributed by atoms with Crippen molar-refractivity contribution in [3.8, 4) is 11.8 Å². The van der Waals surface area contributed by atoms with E-state index >= 15 is 0 Å². The second kappa shape index (κ2) is 10.1. The Morgan fingerprint density at radius 1 is 1.23 bits per heavy atom. The molecule has 1 saturated carbocycles. The van der Waals surface area contributed by atoms with E-state index in [-0.39, 0.29) is 0 Å². The smallest absolute Gasteiger partial charge is 0.123 e. The van der Waals surface area contributed by atoms with Crippen LogP contribution in [0.2, 0.25) is 0 Å². The van der Waals surface area contributed by atoms with Crippen LogP contribution in [-0.4, -0.2) is 68.7 Å². The van der Waals surface area contributed by atoms with E-state index in [1.165, 1.54) is 12.8 Å². The van der Waals surface area contributed by atoms with Crippen molar-refractivity contribution < 1.29 is 14.0 Å². The molecule has 0 bridgehead atoms. The monoisotopic (exact) mass is 492 g/mol. The molecule has 0 spiro atoms. The van der Waals surface area contributed by atoms with Gasteiger partial charge in [0, 0.05) is 85.8 Å². The summed E-state index contributed by atoms with van der Waals surface area (Å²) in [7, 11) is 0.945. The van der Waals surface area contributed by atoms with Gasteiger partial charge in [-0.2, -0.15) is 5.26 Å². The number of methoxy groups -OCH3 is 2. The quantitative estimate of drug-likeness (QED) is 0.422. The van der Waals surface area contributed by atoms with Gasteiger partial charge in [0.15, 0.2) is 0 Å². The first-order valence-corrected chi connectivity index (χ1v) is 14.5. The van der Waals surface area contributed by atoms with Gasteiger partial charge in [0.25, 0.3) is 0 Å². The highest BCUT2D eigenvalue weighted by Gasteiger charge is 2.37. The van der Waals surface area contributed by atoms with Crippen molar-refractivity contribution in [3.63, 3.8) is 0 Å². The fraction of sp³-hybridized carbons (Fsp3) is 0.481. The zero-order chi connectivity index (χ0) is 24.4. The molecule has 1 aromatic heterocycles. The molecule has 5 rings (SSSR count). The largest absolute Gasteiger partial charge is 0.496 e. The van der Waals surface area contributed by atoms with Gasteiger partial charge in [-0.3, -0.25) is 9.88 Å². The number of nitrogens with one attached hydrogen (secondary N) is 1. The molecule has 2 fully saturated rings. The molecule has 0 atom stereocenters. The van der Waals surface area contributed by atoms with Crippen molar-refractivity contribution in [2.24, 2.45) is 0 Å². The lowest BCUT2D eigenvalue weighted by atomic mass is 10.0. The molecule has 1 aliphatic heterocycles. The fourth-order valence-corrected chi connectivity index (χ4v) is 7.82. The highest BCUT2D eigenvalue weighted by Crippen LogP contribution is 2.48. The molecule has 2 aromatic rings. The molecule has 184 valence electrons. The van der Waals surface area contributed by atoms with Crippen LogP contribution in [0.15, 0.2) is 30.3 Å². The van der Waals surface area contributed by atoms with Crippen molar-refractivity contribution >= 4 is 23.7 Å². The van der Waals surface area contributed by atoms with Crippen LogP contribution in [-0.2, 0) is 22.1 Å². The predicted octanol–water partition coefficient (Wildman–Crippen LogP) is 3.67. The van der Waals surface area contributed by atoms with Gasteiger partial charge in [0.2, 0.25) is 0 Å². The summed E-state index contributed by atoms with van der Waals surface area (Å²) in [6.07, 6.45) is 7.28. The second-order valence-electron chi connectivity index (χ2n) is 9.61. The lowest BCUT2D eigenvalue weighted by Gasteiger charge is -2.32. The van der Waals surface area contributed by atoms with E-state index in [1.54, 1.807) is 14.2 Å². The first kappa shape index (κ1) is 24.1. The van der Waals surface area contributed by atoms with Crippen LogP contribution in [0.3, 0.4) is 0 Å². The number of nitriles is 1. The van der Waals surface area contributed by atoms with Crippen LogP contribution in [0, 0.1) is 11.3 Å². The van der Waals surface area contributed by atoms with Gasteiger partial charge in [0.05, 0.1) is 31.1 Å². The van der Waals surface area contributed by atoms with Crippen LogP contribution >= 0.6 is 7.14 Å². The average molecular weight is 493 g/mol.